The van der Waals surface area contributed by atoms with Crippen molar-refractivity contribution < 1.29 is 14.6 Å². The predicted octanol–water partition coefficient (Wildman–Crippen LogP) is 0.0511. The number of carbonyl (C=O) groups excluding carboxylic acids is 1. The van der Waals surface area contributed by atoms with Gasteiger partial charge in [-0.15, -0.1) is 0 Å². The Bertz CT molecular complexity index is 485. The number of aliphatic hydroxyl groups excluding tert-OH is 1. The molecule has 1 aromatic heterocycles. The molecule has 2 aliphatic rings. The maximum Gasteiger partial charge on any atom is 0.272 e. The molecule has 3 heterocycles. The second-order valence-electron chi connectivity index (χ2n) is 5.26. The zero-order chi connectivity index (χ0) is 13.4. The highest BCUT2D eigenvalue weighted by atomic mass is 16.5. The van der Waals surface area contributed by atoms with Gasteiger partial charge in [-0.25, -0.2) is 4.98 Å². The molecule has 0 radical (unpaired) electrons. The highest BCUT2D eigenvalue weighted by Gasteiger charge is 2.34. The van der Waals surface area contributed by atoms with Gasteiger partial charge in [-0.1, -0.05) is 0 Å². The lowest BCUT2D eigenvalue weighted by Crippen LogP contribution is -2.44. The fraction of sp³-hybridized carbons (Fsp3) is 0.692. The van der Waals surface area contributed by atoms with Gasteiger partial charge in [0.25, 0.3) is 5.91 Å². The molecule has 1 fully saturated rings. The van der Waals surface area contributed by atoms with Crippen LogP contribution in [0.4, 0.5) is 0 Å². The molecule has 0 bridgehead atoms. The molecule has 0 spiro atoms. The van der Waals surface area contributed by atoms with Crippen LogP contribution in [-0.2, 0) is 17.7 Å². The molecule has 2 aliphatic heterocycles. The molecule has 19 heavy (non-hydrogen) atoms. The largest absolute Gasteiger partial charge is 0.388 e. The van der Waals surface area contributed by atoms with Crippen LogP contribution < -0.4 is 0 Å². The van der Waals surface area contributed by atoms with Gasteiger partial charge in [-0.3, -0.25) is 4.79 Å². The number of aromatic nitrogens is 2. The summed E-state index contributed by atoms with van der Waals surface area (Å²) >= 11 is 0. The molecular formula is C13H19N3O3. The number of aryl methyl sites for hydroxylation is 1. The monoisotopic (exact) mass is 265 g/mol. The molecule has 3 rings (SSSR count). The van der Waals surface area contributed by atoms with E-state index in [-0.39, 0.29) is 11.9 Å². The van der Waals surface area contributed by atoms with Gasteiger partial charge in [0, 0.05) is 20.0 Å². The van der Waals surface area contributed by atoms with E-state index >= 15 is 0 Å². The Kier molecular flexibility index (Phi) is 3.28. The number of nitrogens with zero attached hydrogens (tertiary/aromatic N) is 3. The van der Waals surface area contributed by atoms with Gasteiger partial charge < -0.3 is 19.3 Å². The number of aliphatic hydroxyl groups is 1. The summed E-state index contributed by atoms with van der Waals surface area (Å²) in [4.78, 5) is 18.4. The van der Waals surface area contributed by atoms with Crippen LogP contribution >= 0.6 is 0 Å². The first-order valence-corrected chi connectivity index (χ1v) is 6.76. The summed E-state index contributed by atoms with van der Waals surface area (Å²) < 4.78 is 7.21. The SMILES string of the molecule is CN(C(=O)c1cnc2n1CCCC2)[C@@H]1COC[C@H]1O. The number of fused-ring (bicyclic) bond motifs is 1. The Labute approximate surface area is 112 Å². The van der Waals surface area contributed by atoms with Crippen molar-refractivity contribution in [3.63, 3.8) is 0 Å². The van der Waals surface area contributed by atoms with E-state index in [4.69, 9.17) is 4.74 Å². The van der Waals surface area contributed by atoms with Crippen LogP contribution in [0.1, 0.15) is 29.2 Å². The fourth-order valence-electron chi connectivity index (χ4n) is 2.82. The minimum absolute atomic E-state index is 0.0878. The van der Waals surface area contributed by atoms with Crippen molar-refractivity contribution >= 4 is 5.91 Å². The van der Waals surface area contributed by atoms with Crippen LogP contribution in [0, 0.1) is 0 Å². The van der Waals surface area contributed by atoms with Gasteiger partial charge in [-0.05, 0) is 12.8 Å². The Hall–Kier alpha value is -1.40. The molecule has 1 N–H and O–H groups in total. The molecule has 0 aromatic carbocycles. The average molecular weight is 265 g/mol. The minimum Gasteiger partial charge on any atom is -0.388 e. The van der Waals surface area contributed by atoms with Gasteiger partial charge >= 0.3 is 0 Å². The topological polar surface area (TPSA) is 67.6 Å². The summed E-state index contributed by atoms with van der Waals surface area (Å²) in [7, 11) is 1.72. The molecule has 0 saturated carbocycles. The Balaban J connectivity index is 1.81. The van der Waals surface area contributed by atoms with E-state index in [1.807, 2.05) is 4.57 Å². The van der Waals surface area contributed by atoms with Gasteiger partial charge in [0.1, 0.15) is 11.5 Å². The van der Waals surface area contributed by atoms with Crippen LogP contribution in [-0.4, -0.2) is 57.9 Å². The number of hydrogen-bond donors (Lipinski definition) is 1. The van der Waals surface area contributed by atoms with E-state index < -0.39 is 6.10 Å². The normalized spacial score (nSPS) is 26.2. The number of ether oxygens (including phenoxy) is 1. The average Bonchev–Trinajstić information content (AvgIpc) is 3.03. The van der Waals surface area contributed by atoms with Crippen LogP contribution in [0.3, 0.4) is 0 Å². The second-order valence-corrected chi connectivity index (χ2v) is 5.26. The standard InChI is InChI=1S/C13H19N3O3/c1-15(10-7-19-8-11(10)17)13(18)9-6-14-12-4-2-3-5-16(9)12/h6,10-11,17H,2-5,7-8H2,1H3/t10-,11-/m1/s1. The van der Waals surface area contributed by atoms with Crippen molar-refractivity contribution in [2.24, 2.45) is 0 Å². The number of imidazole rings is 1. The molecule has 1 amide bonds. The number of likely N-dealkylation sites (N-methyl/N-ethyl adjacent to an activating group) is 1. The van der Waals surface area contributed by atoms with E-state index in [1.165, 1.54) is 0 Å². The van der Waals surface area contributed by atoms with Crippen LogP contribution in [0.5, 0.6) is 0 Å². The summed E-state index contributed by atoms with van der Waals surface area (Å²) in [5.41, 5.74) is 0.622. The molecule has 1 saturated heterocycles. The number of rotatable bonds is 2. The van der Waals surface area contributed by atoms with Crippen molar-refractivity contribution in [1.82, 2.24) is 14.5 Å². The zero-order valence-corrected chi connectivity index (χ0v) is 11.1. The van der Waals surface area contributed by atoms with Crippen molar-refractivity contribution in [3.05, 3.63) is 17.7 Å². The third-order valence-corrected chi connectivity index (χ3v) is 4.03. The molecule has 0 aliphatic carbocycles. The van der Waals surface area contributed by atoms with Gasteiger partial charge in [0.2, 0.25) is 0 Å². The molecule has 2 atom stereocenters. The summed E-state index contributed by atoms with van der Waals surface area (Å²) in [5, 5.41) is 9.80. The highest BCUT2D eigenvalue weighted by molar-refractivity contribution is 5.92. The number of hydrogen-bond acceptors (Lipinski definition) is 4. The van der Waals surface area contributed by atoms with E-state index in [2.05, 4.69) is 4.98 Å². The molecular weight excluding hydrogens is 246 g/mol. The van der Waals surface area contributed by atoms with Crippen LogP contribution in [0.25, 0.3) is 0 Å². The Morgan fingerprint density at radius 1 is 1.53 bits per heavy atom. The molecule has 0 unspecified atom stereocenters. The number of amides is 1. The van der Waals surface area contributed by atoms with Crippen molar-refractivity contribution in [1.29, 1.82) is 0 Å². The predicted molar refractivity (Wildman–Crippen MR) is 67.9 cm³/mol. The van der Waals surface area contributed by atoms with E-state index in [1.54, 1.807) is 18.1 Å². The van der Waals surface area contributed by atoms with Crippen molar-refractivity contribution in [2.75, 3.05) is 20.3 Å². The lowest BCUT2D eigenvalue weighted by Gasteiger charge is -2.26. The fourth-order valence-corrected chi connectivity index (χ4v) is 2.82. The molecule has 1 aromatic rings. The Morgan fingerprint density at radius 2 is 2.37 bits per heavy atom. The van der Waals surface area contributed by atoms with Gasteiger partial charge in [0.15, 0.2) is 0 Å². The number of carbonyl (C=O) groups is 1. The third-order valence-electron chi connectivity index (χ3n) is 4.03. The van der Waals surface area contributed by atoms with E-state index in [0.29, 0.717) is 18.9 Å². The lowest BCUT2D eigenvalue weighted by atomic mass is 10.1. The van der Waals surface area contributed by atoms with Crippen LogP contribution in [0.2, 0.25) is 0 Å². The quantitative estimate of drug-likeness (QED) is 0.820. The Morgan fingerprint density at radius 3 is 3.11 bits per heavy atom. The summed E-state index contributed by atoms with van der Waals surface area (Å²) in [5.74, 6) is 0.904. The zero-order valence-electron chi connectivity index (χ0n) is 11.1. The maximum atomic E-state index is 12.5. The summed E-state index contributed by atoms with van der Waals surface area (Å²) in [6, 6.07) is -0.262. The van der Waals surface area contributed by atoms with Crippen molar-refractivity contribution in [2.45, 2.75) is 38.0 Å². The van der Waals surface area contributed by atoms with Gasteiger partial charge in [-0.2, -0.15) is 0 Å². The lowest BCUT2D eigenvalue weighted by molar-refractivity contribution is 0.0570. The summed E-state index contributed by atoms with van der Waals surface area (Å²) in [6.07, 6.45) is 4.21. The van der Waals surface area contributed by atoms with E-state index in [0.717, 1.165) is 31.6 Å². The maximum absolute atomic E-state index is 12.5. The third kappa shape index (κ3) is 2.15. The second kappa shape index (κ2) is 4.94. The molecule has 104 valence electrons. The van der Waals surface area contributed by atoms with Crippen LogP contribution in [0.15, 0.2) is 6.20 Å². The highest BCUT2D eigenvalue weighted by Crippen LogP contribution is 2.19. The first-order valence-electron chi connectivity index (χ1n) is 6.76. The minimum atomic E-state index is -0.599. The van der Waals surface area contributed by atoms with Gasteiger partial charge in [0.05, 0.1) is 31.6 Å². The summed E-state index contributed by atoms with van der Waals surface area (Å²) in [6.45, 7) is 1.55. The first-order chi connectivity index (χ1) is 9.18. The van der Waals surface area contributed by atoms with E-state index in [9.17, 15) is 9.90 Å². The van der Waals surface area contributed by atoms with Crippen molar-refractivity contribution in [3.8, 4) is 0 Å². The molecule has 6 nitrogen and oxygen atoms in total. The first kappa shape index (κ1) is 12.6. The smallest absolute Gasteiger partial charge is 0.272 e. The molecule has 6 heteroatoms.